The van der Waals surface area contributed by atoms with Gasteiger partial charge in [-0.15, -0.1) is 0 Å². The average molecular weight is 242 g/mol. The molecule has 2 aliphatic rings. The Labute approximate surface area is 102 Å². The van der Waals surface area contributed by atoms with Gasteiger partial charge in [0, 0.05) is 13.1 Å². The lowest BCUT2D eigenvalue weighted by molar-refractivity contribution is -0.159. The molecule has 2 heterocycles. The number of carbonyl (C=O) groups excluding carboxylic acids is 1. The average Bonchev–Trinajstić information content (AvgIpc) is 2.40. The van der Waals surface area contributed by atoms with Gasteiger partial charge in [0.05, 0.1) is 19.8 Å². The van der Waals surface area contributed by atoms with Gasteiger partial charge in [-0.3, -0.25) is 4.79 Å². The summed E-state index contributed by atoms with van der Waals surface area (Å²) < 4.78 is 10.7. The van der Waals surface area contributed by atoms with Crippen molar-refractivity contribution in [3.05, 3.63) is 0 Å². The third kappa shape index (κ3) is 3.40. The molecule has 2 aliphatic heterocycles. The number of likely N-dealkylation sites (tertiary alicyclic amines) is 1. The van der Waals surface area contributed by atoms with Crippen LogP contribution in [0.5, 0.6) is 0 Å². The van der Waals surface area contributed by atoms with Gasteiger partial charge in [-0.25, -0.2) is 0 Å². The van der Waals surface area contributed by atoms with Gasteiger partial charge in [0.2, 0.25) is 0 Å². The molecule has 5 nitrogen and oxygen atoms in total. The van der Waals surface area contributed by atoms with Crippen LogP contribution in [0.25, 0.3) is 0 Å². The SMILES string of the molecule is NCCC1CCN(C(=O)C2COCCO2)CC1. The van der Waals surface area contributed by atoms with E-state index in [0.717, 1.165) is 38.9 Å². The summed E-state index contributed by atoms with van der Waals surface area (Å²) in [6, 6.07) is 0. The molecule has 98 valence electrons. The van der Waals surface area contributed by atoms with Gasteiger partial charge in [0.25, 0.3) is 5.91 Å². The summed E-state index contributed by atoms with van der Waals surface area (Å²) in [5.41, 5.74) is 5.55. The lowest BCUT2D eigenvalue weighted by atomic mass is 9.93. The molecule has 2 saturated heterocycles. The van der Waals surface area contributed by atoms with E-state index in [4.69, 9.17) is 15.2 Å². The van der Waals surface area contributed by atoms with Gasteiger partial charge in [-0.05, 0) is 31.7 Å². The van der Waals surface area contributed by atoms with E-state index in [1.54, 1.807) is 0 Å². The van der Waals surface area contributed by atoms with Crippen LogP contribution in [0.15, 0.2) is 0 Å². The van der Waals surface area contributed by atoms with Crippen LogP contribution in [0.1, 0.15) is 19.3 Å². The molecular formula is C12H22N2O3. The molecule has 1 unspecified atom stereocenters. The van der Waals surface area contributed by atoms with Gasteiger partial charge in [-0.2, -0.15) is 0 Å². The minimum absolute atomic E-state index is 0.0934. The first-order valence-electron chi connectivity index (χ1n) is 6.49. The first kappa shape index (κ1) is 12.8. The maximum atomic E-state index is 12.1. The van der Waals surface area contributed by atoms with E-state index in [1.165, 1.54) is 0 Å². The zero-order chi connectivity index (χ0) is 12.1. The van der Waals surface area contributed by atoms with Crippen LogP contribution in [0, 0.1) is 5.92 Å². The highest BCUT2D eigenvalue weighted by Crippen LogP contribution is 2.21. The number of ether oxygens (including phenoxy) is 2. The fourth-order valence-corrected chi connectivity index (χ4v) is 2.51. The van der Waals surface area contributed by atoms with Crippen molar-refractivity contribution in [3.8, 4) is 0 Å². The number of carbonyl (C=O) groups is 1. The summed E-state index contributed by atoms with van der Waals surface area (Å²) in [7, 11) is 0. The molecule has 0 aromatic rings. The highest BCUT2D eigenvalue weighted by Gasteiger charge is 2.30. The molecule has 5 heteroatoms. The quantitative estimate of drug-likeness (QED) is 0.756. The van der Waals surface area contributed by atoms with Crippen molar-refractivity contribution < 1.29 is 14.3 Å². The summed E-state index contributed by atoms with van der Waals surface area (Å²) >= 11 is 0. The standard InChI is InChI=1S/C12H22N2O3/c13-4-1-10-2-5-14(6-3-10)12(15)11-9-16-7-8-17-11/h10-11H,1-9,13H2. The zero-order valence-corrected chi connectivity index (χ0v) is 10.3. The fraction of sp³-hybridized carbons (Fsp3) is 0.917. The van der Waals surface area contributed by atoms with E-state index >= 15 is 0 Å². The minimum atomic E-state index is -0.380. The van der Waals surface area contributed by atoms with Gasteiger partial charge in [0.1, 0.15) is 0 Å². The Kier molecular flexibility index (Phi) is 4.76. The number of nitrogens with two attached hydrogens (primary N) is 1. The predicted molar refractivity (Wildman–Crippen MR) is 63.5 cm³/mol. The van der Waals surface area contributed by atoms with Gasteiger partial charge >= 0.3 is 0 Å². The molecule has 2 fully saturated rings. The highest BCUT2D eigenvalue weighted by molar-refractivity contribution is 5.81. The van der Waals surface area contributed by atoms with Crippen molar-refractivity contribution in [2.75, 3.05) is 39.5 Å². The summed E-state index contributed by atoms with van der Waals surface area (Å²) in [6.07, 6.45) is 2.83. The molecule has 1 atom stereocenters. The Morgan fingerprint density at radius 3 is 2.65 bits per heavy atom. The molecule has 0 aliphatic carbocycles. The van der Waals surface area contributed by atoms with E-state index in [0.29, 0.717) is 25.7 Å². The maximum Gasteiger partial charge on any atom is 0.254 e. The van der Waals surface area contributed by atoms with E-state index in [-0.39, 0.29) is 12.0 Å². The third-order valence-electron chi connectivity index (χ3n) is 3.59. The van der Waals surface area contributed by atoms with Crippen LogP contribution < -0.4 is 5.73 Å². The zero-order valence-electron chi connectivity index (χ0n) is 10.3. The molecule has 0 saturated carbocycles. The fourth-order valence-electron chi connectivity index (χ4n) is 2.51. The number of hydrogen-bond donors (Lipinski definition) is 1. The second kappa shape index (κ2) is 6.33. The second-order valence-corrected chi connectivity index (χ2v) is 4.78. The number of amides is 1. The van der Waals surface area contributed by atoms with Crippen LogP contribution in [0.3, 0.4) is 0 Å². The van der Waals surface area contributed by atoms with Crippen LogP contribution >= 0.6 is 0 Å². The minimum Gasteiger partial charge on any atom is -0.376 e. The molecule has 2 N–H and O–H groups in total. The van der Waals surface area contributed by atoms with Crippen molar-refractivity contribution in [1.82, 2.24) is 4.90 Å². The predicted octanol–water partition coefficient (Wildman–Crippen LogP) is -0.0108. The maximum absolute atomic E-state index is 12.1. The first-order valence-corrected chi connectivity index (χ1v) is 6.49. The lowest BCUT2D eigenvalue weighted by Gasteiger charge is -2.34. The van der Waals surface area contributed by atoms with Gasteiger partial charge in [-0.1, -0.05) is 0 Å². The number of hydrogen-bond acceptors (Lipinski definition) is 4. The molecule has 1 amide bonds. The smallest absolute Gasteiger partial charge is 0.254 e. The highest BCUT2D eigenvalue weighted by atomic mass is 16.6. The Balaban J connectivity index is 1.77. The summed E-state index contributed by atoms with van der Waals surface area (Å²) in [5.74, 6) is 0.781. The molecule has 2 rings (SSSR count). The van der Waals surface area contributed by atoms with Crippen molar-refractivity contribution in [3.63, 3.8) is 0 Å². The molecule has 0 radical (unpaired) electrons. The lowest BCUT2D eigenvalue weighted by Crippen LogP contribution is -2.48. The molecule has 0 aromatic heterocycles. The normalized spacial score (nSPS) is 27.1. The number of rotatable bonds is 3. The van der Waals surface area contributed by atoms with Gasteiger partial charge < -0.3 is 20.1 Å². The molecular weight excluding hydrogens is 220 g/mol. The van der Waals surface area contributed by atoms with E-state index in [2.05, 4.69) is 0 Å². The first-order chi connectivity index (χ1) is 8.31. The topological polar surface area (TPSA) is 64.8 Å². The molecule has 0 bridgehead atoms. The van der Waals surface area contributed by atoms with Gasteiger partial charge in [0.15, 0.2) is 6.10 Å². The van der Waals surface area contributed by atoms with E-state index < -0.39 is 0 Å². The van der Waals surface area contributed by atoms with Crippen molar-refractivity contribution in [2.24, 2.45) is 11.7 Å². The second-order valence-electron chi connectivity index (χ2n) is 4.78. The Morgan fingerprint density at radius 1 is 1.29 bits per heavy atom. The molecule has 0 spiro atoms. The van der Waals surface area contributed by atoms with Crippen molar-refractivity contribution in [1.29, 1.82) is 0 Å². The summed E-state index contributed by atoms with van der Waals surface area (Å²) in [6.45, 7) is 3.95. The molecule has 17 heavy (non-hydrogen) atoms. The largest absolute Gasteiger partial charge is 0.376 e. The van der Waals surface area contributed by atoms with E-state index in [1.807, 2.05) is 4.90 Å². The van der Waals surface area contributed by atoms with Crippen LogP contribution in [0.2, 0.25) is 0 Å². The Bertz CT molecular complexity index is 246. The Hall–Kier alpha value is -0.650. The third-order valence-corrected chi connectivity index (χ3v) is 3.59. The van der Waals surface area contributed by atoms with Crippen LogP contribution in [-0.2, 0) is 14.3 Å². The number of piperidine rings is 1. The van der Waals surface area contributed by atoms with Crippen LogP contribution in [-0.4, -0.2) is 56.4 Å². The van der Waals surface area contributed by atoms with Crippen molar-refractivity contribution in [2.45, 2.75) is 25.4 Å². The number of nitrogens with zero attached hydrogens (tertiary/aromatic N) is 1. The van der Waals surface area contributed by atoms with Crippen LogP contribution in [0.4, 0.5) is 0 Å². The van der Waals surface area contributed by atoms with Crippen molar-refractivity contribution >= 4 is 5.91 Å². The van der Waals surface area contributed by atoms with E-state index in [9.17, 15) is 4.79 Å². The monoisotopic (exact) mass is 242 g/mol. The Morgan fingerprint density at radius 2 is 2.06 bits per heavy atom. The summed E-state index contributed by atoms with van der Waals surface area (Å²) in [5, 5.41) is 0. The molecule has 0 aromatic carbocycles. The summed E-state index contributed by atoms with van der Waals surface area (Å²) in [4.78, 5) is 14.0.